The summed E-state index contributed by atoms with van der Waals surface area (Å²) in [4.78, 5) is 0. The third-order valence-electron chi connectivity index (χ3n) is 4.21. The third kappa shape index (κ3) is 1.90. The molecule has 0 aromatic rings. The van der Waals surface area contributed by atoms with Crippen molar-refractivity contribution in [3.05, 3.63) is 0 Å². The molecule has 1 heterocycles. The minimum absolute atomic E-state index is 0.848. The molecule has 1 saturated carbocycles. The van der Waals surface area contributed by atoms with E-state index in [1.807, 2.05) is 0 Å². The molecular formula is C12H23N. The maximum Gasteiger partial charge on any atom is 0.0100 e. The Balaban J connectivity index is 2.09. The molecule has 13 heavy (non-hydrogen) atoms. The summed E-state index contributed by atoms with van der Waals surface area (Å²) in [5, 5.41) is 3.72. The fourth-order valence-electron chi connectivity index (χ4n) is 3.50. The summed E-state index contributed by atoms with van der Waals surface area (Å²) in [6.45, 7) is 6.18. The Morgan fingerprint density at radius 2 is 1.62 bits per heavy atom. The van der Waals surface area contributed by atoms with Crippen LogP contribution in [-0.2, 0) is 0 Å². The molecule has 0 radical (unpaired) electrons. The zero-order chi connectivity index (χ0) is 9.26. The van der Waals surface area contributed by atoms with Gasteiger partial charge in [0, 0.05) is 6.04 Å². The van der Waals surface area contributed by atoms with Crippen molar-refractivity contribution in [2.75, 3.05) is 6.54 Å². The number of piperidine rings is 1. The summed E-state index contributed by atoms with van der Waals surface area (Å²) in [6, 6.07) is 0.848. The summed E-state index contributed by atoms with van der Waals surface area (Å²) in [6.07, 6.45) is 7.20. The van der Waals surface area contributed by atoms with Gasteiger partial charge in [-0.2, -0.15) is 0 Å². The summed E-state index contributed by atoms with van der Waals surface area (Å²) in [7, 11) is 0. The molecule has 2 fully saturated rings. The first-order chi connectivity index (χ1) is 6.29. The molecule has 0 spiro atoms. The third-order valence-corrected chi connectivity index (χ3v) is 4.21. The predicted octanol–water partition coefficient (Wildman–Crippen LogP) is 2.81. The molecule has 2 aliphatic rings. The smallest absolute Gasteiger partial charge is 0.0100 e. The molecule has 0 aromatic carbocycles. The number of nitrogens with one attached hydrogen (secondary N) is 1. The molecular weight excluding hydrogens is 158 g/mol. The first kappa shape index (κ1) is 9.51. The highest BCUT2D eigenvalue weighted by molar-refractivity contribution is 4.89. The van der Waals surface area contributed by atoms with Gasteiger partial charge in [-0.1, -0.05) is 33.1 Å². The minimum atomic E-state index is 0.848. The molecule has 0 bridgehead atoms. The molecule has 2 unspecified atom stereocenters. The van der Waals surface area contributed by atoms with E-state index in [0.717, 1.165) is 23.8 Å². The van der Waals surface area contributed by atoms with Crippen LogP contribution in [0.4, 0.5) is 0 Å². The van der Waals surface area contributed by atoms with Crippen LogP contribution >= 0.6 is 0 Å². The van der Waals surface area contributed by atoms with E-state index in [0.29, 0.717) is 0 Å². The van der Waals surface area contributed by atoms with E-state index < -0.39 is 0 Å². The lowest BCUT2D eigenvalue weighted by Crippen LogP contribution is -2.46. The fourth-order valence-corrected chi connectivity index (χ4v) is 3.50. The Kier molecular flexibility index (Phi) is 2.92. The molecule has 0 aromatic heterocycles. The van der Waals surface area contributed by atoms with Gasteiger partial charge in [-0.05, 0) is 37.1 Å². The van der Waals surface area contributed by atoms with Crippen molar-refractivity contribution in [3.63, 3.8) is 0 Å². The van der Waals surface area contributed by atoms with Gasteiger partial charge in [0.05, 0.1) is 0 Å². The number of hydrogen-bond acceptors (Lipinski definition) is 1. The minimum Gasteiger partial charge on any atom is -0.314 e. The highest BCUT2D eigenvalue weighted by Gasteiger charge is 2.35. The van der Waals surface area contributed by atoms with Crippen LogP contribution in [0.1, 0.15) is 46.0 Å². The SMILES string of the molecule is CC1CCCCC2NCC[C@H](C)[C@H]12. The van der Waals surface area contributed by atoms with Crippen molar-refractivity contribution in [2.24, 2.45) is 17.8 Å². The Hall–Kier alpha value is -0.0400. The lowest BCUT2D eigenvalue weighted by atomic mass is 9.74. The van der Waals surface area contributed by atoms with Crippen LogP contribution in [0.15, 0.2) is 0 Å². The van der Waals surface area contributed by atoms with E-state index in [9.17, 15) is 0 Å². The molecule has 1 saturated heterocycles. The average molecular weight is 181 g/mol. The van der Waals surface area contributed by atoms with Gasteiger partial charge in [0.25, 0.3) is 0 Å². The van der Waals surface area contributed by atoms with Crippen LogP contribution in [-0.4, -0.2) is 12.6 Å². The molecule has 1 aliphatic carbocycles. The molecule has 2 rings (SSSR count). The van der Waals surface area contributed by atoms with Crippen LogP contribution in [0, 0.1) is 17.8 Å². The molecule has 1 aliphatic heterocycles. The predicted molar refractivity (Wildman–Crippen MR) is 56.7 cm³/mol. The molecule has 4 atom stereocenters. The maximum absolute atomic E-state index is 3.72. The summed E-state index contributed by atoms with van der Waals surface area (Å²) >= 11 is 0. The van der Waals surface area contributed by atoms with Gasteiger partial charge in [0.15, 0.2) is 0 Å². The molecule has 1 nitrogen and oxygen atoms in total. The Labute approximate surface area is 82.3 Å². The van der Waals surface area contributed by atoms with Crippen LogP contribution in [0.3, 0.4) is 0 Å². The lowest BCUT2D eigenvalue weighted by molar-refractivity contribution is 0.144. The van der Waals surface area contributed by atoms with Gasteiger partial charge < -0.3 is 5.32 Å². The maximum atomic E-state index is 3.72. The fraction of sp³-hybridized carbons (Fsp3) is 1.00. The highest BCUT2D eigenvalue weighted by Crippen LogP contribution is 2.37. The molecule has 1 N–H and O–H groups in total. The zero-order valence-corrected chi connectivity index (χ0v) is 9.05. The van der Waals surface area contributed by atoms with E-state index in [-0.39, 0.29) is 0 Å². The summed E-state index contributed by atoms with van der Waals surface area (Å²) in [5.74, 6) is 2.88. The quantitative estimate of drug-likeness (QED) is 0.606. The van der Waals surface area contributed by atoms with Crippen LogP contribution < -0.4 is 5.32 Å². The van der Waals surface area contributed by atoms with Crippen molar-refractivity contribution >= 4 is 0 Å². The molecule has 0 amide bonds. The van der Waals surface area contributed by atoms with Crippen molar-refractivity contribution in [1.29, 1.82) is 0 Å². The average Bonchev–Trinajstić information content (AvgIpc) is 2.29. The van der Waals surface area contributed by atoms with Crippen LogP contribution in [0.25, 0.3) is 0 Å². The van der Waals surface area contributed by atoms with E-state index in [4.69, 9.17) is 0 Å². The van der Waals surface area contributed by atoms with Crippen molar-refractivity contribution in [1.82, 2.24) is 5.32 Å². The first-order valence-electron chi connectivity index (χ1n) is 6.02. The van der Waals surface area contributed by atoms with Gasteiger partial charge in [0.1, 0.15) is 0 Å². The standard InChI is InChI=1S/C12H23N/c1-9-5-3-4-6-11-12(9)10(2)7-8-13-11/h9-13H,3-8H2,1-2H3/t9?,10-,11?,12-/m0/s1. The zero-order valence-electron chi connectivity index (χ0n) is 9.05. The van der Waals surface area contributed by atoms with Crippen molar-refractivity contribution < 1.29 is 0 Å². The lowest BCUT2D eigenvalue weighted by Gasteiger charge is -2.39. The van der Waals surface area contributed by atoms with Crippen molar-refractivity contribution in [2.45, 2.75) is 52.0 Å². The van der Waals surface area contributed by atoms with Gasteiger partial charge in [0.2, 0.25) is 0 Å². The Bertz CT molecular complexity index is 167. The largest absolute Gasteiger partial charge is 0.314 e. The van der Waals surface area contributed by atoms with Gasteiger partial charge in [-0.3, -0.25) is 0 Å². The normalized spacial score (nSPS) is 46.6. The molecule has 76 valence electrons. The Morgan fingerprint density at radius 1 is 0.923 bits per heavy atom. The van der Waals surface area contributed by atoms with E-state index in [1.54, 1.807) is 0 Å². The number of rotatable bonds is 0. The monoisotopic (exact) mass is 181 g/mol. The van der Waals surface area contributed by atoms with E-state index in [1.165, 1.54) is 38.6 Å². The van der Waals surface area contributed by atoms with Gasteiger partial charge in [-0.25, -0.2) is 0 Å². The Morgan fingerprint density at radius 3 is 2.46 bits per heavy atom. The second-order valence-corrected chi connectivity index (χ2v) is 5.17. The second-order valence-electron chi connectivity index (χ2n) is 5.17. The summed E-state index contributed by atoms with van der Waals surface area (Å²) in [5.41, 5.74) is 0. The number of hydrogen-bond donors (Lipinski definition) is 1. The van der Waals surface area contributed by atoms with Gasteiger partial charge in [-0.15, -0.1) is 0 Å². The van der Waals surface area contributed by atoms with Crippen LogP contribution in [0.5, 0.6) is 0 Å². The van der Waals surface area contributed by atoms with Crippen molar-refractivity contribution in [3.8, 4) is 0 Å². The summed E-state index contributed by atoms with van der Waals surface area (Å²) < 4.78 is 0. The van der Waals surface area contributed by atoms with E-state index >= 15 is 0 Å². The second kappa shape index (κ2) is 4.00. The topological polar surface area (TPSA) is 12.0 Å². The number of fused-ring (bicyclic) bond motifs is 1. The van der Waals surface area contributed by atoms with E-state index in [2.05, 4.69) is 19.2 Å². The molecule has 1 heteroatoms. The highest BCUT2D eigenvalue weighted by atomic mass is 14.9. The van der Waals surface area contributed by atoms with Gasteiger partial charge >= 0.3 is 0 Å². The first-order valence-corrected chi connectivity index (χ1v) is 6.02. The van der Waals surface area contributed by atoms with Crippen LogP contribution in [0.2, 0.25) is 0 Å².